The zero-order valence-electron chi connectivity index (χ0n) is 11.8. The normalized spacial score (nSPS) is 32.9. The Labute approximate surface area is 119 Å². The molecule has 2 nitrogen and oxygen atoms in total. The zero-order chi connectivity index (χ0) is 13.1. The smallest absolute Gasteiger partial charge is 0.134 e. The van der Waals surface area contributed by atoms with Crippen molar-refractivity contribution in [3.05, 3.63) is 35.6 Å². The second kappa shape index (κ2) is 4.11. The van der Waals surface area contributed by atoms with Crippen molar-refractivity contribution in [3.8, 4) is 0 Å². The van der Waals surface area contributed by atoms with Crippen molar-refractivity contribution in [2.75, 3.05) is 13.1 Å². The first kappa shape index (κ1) is 11.4. The van der Waals surface area contributed by atoms with E-state index in [1.54, 1.807) is 0 Å². The van der Waals surface area contributed by atoms with Crippen LogP contribution in [0, 0.1) is 11.8 Å². The lowest BCUT2D eigenvalue weighted by Gasteiger charge is -2.32. The highest BCUT2D eigenvalue weighted by molar-refractivity contribution is 5.82. The molecular weight excluding hydrogens is 246 g/mol. The minimum absolute atomic E-state index is 0.580. The number of furan rings is 1. The molecule has 1 aliphatic carbocycles. The zero-order valence-corrected chi connectivity index (χ0v) is 11.8. The molecule has 3 unspecified atom stereocenters. The van der Waals surface area contributed by atoms with Crippen LogP contribution < -0.4 is 0 Å². The van der Waals surface area contributed by atoms with E-state index in [9.17, 15) is 0 Å². The third-order valence-electron chi connectivity index (χ3n) is 5.88. The van der Waals surface area contributed by atoms with Crippen LogP contribution in [0.2, 0.25) is 0 Å². The molecule has 3 atom stereocenters. The van der Waals surface area contributed by atoms with Gasteiger partial charge >= 0.3 is 0 Å². The second-order valence-electron chi connectivity index (χ2n) is 6.84. The van der Waals surface area contributed by atoms with Crippen LogP contribution in [0.15, 0.2) is 28.7 Å². The third kappa shape index (κ3) is 1.43. The highest BCUT2D eigenvalue weighted by Gasteiger charge is 2.47. The predicted octanol–water partition coefficient (Wildman–Crippen LogP) is 4.15. The summed E-state index contributed by atoms with van der Waals surface area (Å²) in [5.74, 6) is 3.09. The van der Waals surface area contributed by atoms with Gasteiger partial charge in [0.15, 0.2) is 0 Å². The van der Waals surface area contributed by atoms with Gasteiger partial charge in [-0.05, 0) is 37.2 Å². The van der Waals surface area contributed by atoms with Crippen LogP contribution in [-0.2, 0) is 6.42 Å². The monoisotopic (exact) mass is 267 g/mol. The summed E-state index contributed by atoms with van der Waals surface area (Å²) in [5.41, 5.74) is 2.60. The first-order valence-corrected chi connectivity index (χ1v) is 8.16. The van der Waals surface area contributed by atoms with Gasteiger partial charge in [-0.2, -0.15) is 0 Å². The molecular formula is C18H21NO. The van der Waals surface area contributed by atoms with E-state index < -0.39 is 0 Å². The molecule has 1 aromatic heterocycles. The summed E-state index contributed by atoms with van der Waals surface area (Å²) in [5, 5.41) is 1.36. The van der Waals surface area contributed by atoms with Crippen molar-refractivity contribution < 1.29 is 4.42 Å². The van der Waals surface area contributed by atoms with Crippen molar-refractivity contribution in [1.82, 2.24) is 4.90 Å². The first-order valence-electron chi connectivity index (χ1n) is 8.16. The Hall–Kier alpha value is -1.28. The molecule has 3 aliphatic rings. The molecule has 3 heterocycles. The molecule has 104 valence electrons. The second-order valence-corrected chi connectivity index (χ2v) is 6.84. The molecule has 0 bridgehead atoms. The highest BCUT2D eigenvalue weighted by Crippen LogP contribution is 2.51. The Morgan fingerprint density at radius 1 is 1.10 bits per heavy atom. The molecule has 0 spiro atoms. The van der Waals surface area contributed by atoms with E-state index in [-0.39, 0.29) is 0 Å². The van der Waals surface area contributed by atoms with Crippen molar-refractivity contribution in [3.63, 3.8) is 0 Å². The maximum Gasteiger partial charge on any atom is 0.134 e. The molecule has 1 saturated carbocycles. The summed E-state index contributed by atoms with van der Waals surface area (Å²) < 4.78 is 6.31. The fourth-order valence-corrected chi connectivity index (χ4v) is 5.02. The van der Waals surface area contributed by atoms with Gasteiger partial charge in [0.1, 0.15) is 11.3 Å². The molecule has 1 saturated heterocycles. The highest BCUT2D eigenvalue weighted by atomic mass is 16.3. The lowest BCUT2D eigenvalue weighted by molar-refractivity contribution is 0.174. The summed E-state index contributed by atoms with van der Waals surface area (Å²) in [6, 6.07) is 9.18. The minimum Gasteiger partial charge on any atom is -0.459 e. The molecule has 0 radical (unpaired) electrons. The van der Waals surface area contributed by atoms with Gasteiger partial charge in [0.05, 0.1) is 6.04 Å². The van der Waals surface area contributed by atoms with Gasteiger partial charge in [-0.1, -0.05) is 31.0 Å². The van der Waals surface area contributed by atoms with E-state index in [4.69, 9.17) is 4.42 Å². The topological polar surface area (TPSA) is 16.4 Å². The van der Waals surface area contributed by atoms with Crippen molar-refractivity contribution in [2.45, 2.75) is 38.1 Å². The van der Waals surface area contributed by atoms with E-state index in [0.29, 0.717) is 6.04 Å². The van der Waals surface area contributed by atoms with Crippen LogP contribution in [0.25, 0.3) is 11.0 Å². The number of para-hydroxylation sites is 1. The molecule has 2 heteroatoms. The van der Waals surface area contributed by atoms with Gasteiger partial charge in [0.2, 0.25) is 0 Å². The molecule has 0 amide bonds. The minimum atomic E-state index is 0.580. The quantitative estimate of drug-likeness (QED) is 0.713. The fourth-order valence-electron chi connectivity index (χ4n) is 5.02. The molecule has 2 fully saturated rings. The molecule has 5 rings (SSSR count). The summed E-state index contributed by atoms with van der Waals surface area (Å²) in [6.45, 7) is 2.54. The third-order valence-corrected chi connectivity index (χ3v) is 5.88. The van der Waals surface area contributed by atoms with Gasteiger partial charge in [-0.15, -0.1) is 0 Å². The van der Waals surface area contributed by atoms with E-state index in [2.05, 4.69) is 29.2 Å². The van der Waals surface area contributed by atoms with Gasteiger partial charge in [0.25, 0.3) is 0 Å². The lowest BCUT2D eigenvalue weighted by atomic mass is 9.77. The van der Waals surface area contributed by atoms with Crippen LogP contribution in [0.4, 0.5) is 0 Å². The average Bonchev–Trinajstić information content (AvgIpc) is 3.04. The van der Waals surface area contributed by atoms with E-state index in [0.717, 1.165) is 17.4 Å². The first-order chi connectivity index (χ1) is 9.92. The van der Waals surface area contributed by atoms with Crippen LogP contribution in [0.5, 0.6) is 0 Å². The van der Waals surface area contributed by atoms with Gasteiger partial charge in [-0.3, -0.25) is 4.90 Å². The van der Waals surface area contributed by atoms with Crippen molar-refractivity contribution in [2.24, 2.45) is 11.8 Å². The Bertz CT molecular complexity index is 658. The van der Waals surface area contributed by atoms with Crippen LogP contribution in [-0.4, -0.2) is 18.0 Å². The predicted molar refractivity (Wildman–Crippen MR) is 79.7 cm³/mol. The summed E-state index contributed by atoms with van der Waals surface area (Å²) in [6.07, 6.45) is 6.87. The molecule has 2 aliphatic heterocycles. The number of hydrogen-bond acceptors (Lipinski definition) is 2. The molecule has 0 N–H and O–H groups in total. The Morgan fingerprint density at radius 3 is 3.00 bits per heavy atom. The van der Waals surface area contributed by atoms with E-state index in [1.165, 1.54) is 61.9 Å². The Balaban J connectivity index is 1.66. The van der Waals surface area contributed by atoms with Crippen LogP contribution in [0.3, 0.4) is 0 Å². The Morgan fingerprint density at radius 2 is 2.00 bits per heavy atom. The number of nitrogens with zero attached hydrogens (tertiary/aromatic N) is 1. The number of fused-ring (bicyclic) bond motifs is 7. The standard InChI is InChI=1S/C18H21NO/c1-2-6-13-12(5-1)11-19-10-9-15-14-7-3-4-8-16(14)20-18(15)17(13)19/h3-4,7-8,12-13,17H,1-2,5-6,9-11H2. The van der Waals surface area contributed by atoms with Crippen LogP contribution >= 0.6 is 0 Å². The van der Waals surface area contributed by atoms with Gasteiger partial charge in [0, 0.05) is 24.0 Å². The fraction of sp³-hybridized carbons (Fsp3) is 0.556. The van der Waals surface area contributed by atoms with E-state index in [1.807, 2.05) is 0 Å². The van der Waals surface area contributed by atoms with Gasteiger partial charge in [-0.25, -0.2) is 0 Å². The molecule has 20 heavy (non-hydrogen) atoms. The van der Waals surface area contributed by atoms with Crippen molar-refractivity contribution >= 4 is 11.0 Å². The van der Waals surface area contributed by atoms with Gasteiger partial charge < -0.3 is 4.42 Å². The largest absolute Gasteiger partial charge is 0.459 e. The average molecular weight is 267 g/mol. The molecule has 2 aromatic rings. The lowest BCUT2D eigenvalue weighted by Crippen LogP contribution is -2.32. The number of hydrogen-bond donors (Lipinski definition) is 0. The van der Waals surface area contributed by atoms with E-state index >= 15 is 0 Å². The number of rotatable bonds is 0. The maximum absolute atomic E-state index is 6.31. The van der Waals surface area contributed by atoms with Crippen LogP contribution in [0.1, 0.15) is 43.0 Å². The SMILES string of the molecule is c1ccc2c3c(oc2c1)C1C2CCCCC2CN1CC3. The maximum atomic E-state index is 6.31. The Kier molecular flexibility index (Phi) is 2.34. The number of benzene rings is 1. The summed E-state index contributed by atoms with van der Waals surface area (Å²) in [7, 11) is 0. The molecule has 1 aromatic carbocycles. The summed E-state index contributed by atoms with van der Waals surface area (Å²) in [4.78, 5) is 2.71. The van der Waals surface area contributed by atoms with Crippen molar-refractivity contribution in [1.29, 1.82) is 0 Å². The summed E-state index contributed by atoms with van der Waals surface area (Å²) >= 11 is 0.